The minimum absolute atomic E-state index is 0.0642. The van der Waals surface area contributed by atoms with Crippen LogP contribution in [-0.4, -0.2) is 54.3 Å². The summed E-state index contributed by atoms with van der Waals surface area (Å²) >= 11 is 5.55. The van der Waals surface area contributed by atoms with Gasteiger partial charge in [-0.15, -0.1) is 11.6 Å². The molecular formula is C15H15ClN2O3. The topological polar surface area (TPSA) is 57.7 Å². The minimum atomic E-state index is -0.438. The Morgan fingerprint density at radius 3 is 1.90 bits per heavy atom. The maximum absolute atomic E-state index is 12.7. The molecule has 0 saturated carbocycles. The van der Waals surface area contributed by atoms with Gasteiger partial charge in [0.15, 0.2) is 0 Å². The number of hydrogen-bond acceptors (Lipinski definition) is 4. The van der Waals surface area contributed by atoms with Gasteiger partial charge in [0.2, 0.25) is 17.5 Å². The molecule has 2 rings (SSSR count). The summed E-state index contributed by atoms with van der Waals surface area (Å²) in [7, 11) is 4.77. The van der Waals surface area contributed by atoms with E-state index in [9.17, 15) is 14.4 Å². The predicted molar refractivity (Wildman–Crippen MR) is 79.3 cm³/mol. The summed E-state index contributed by atoms with van der Waals surface area (Å²) in [6.45, 7) is 0. The normalized spacial score (nSPS) is 14.1. The Bertz CT molecular complexity index is 665. The van der Waals surface area contributed by atoms with Crippen LogP contribution in [0.1, 0.15) is 20.7 Å². The fourth-order valence-corrected chi connectivity index (χ4v) is 2.47. The third kappa shape index (κ3) is 2.45. The quantitative estimate of drug-likeness (QED) is 0.795. The van der Waals surface area contributed by atoms with Gasteiger partial charge in [0.05, 0.1) is 0 Å². The number of nitrogens with zero attached hydrogens (tertiary/aromatic N) is 2. The molecule has 0 spiro atoms. The Balaban J connectivity index is 2.68. The Morgan fingerprint density at radius 1 is 1.00 bits per heavy atom. The molecule has 6 heteroatoms. The minimum Gasteiger partial charge on any atom is -0.373 e. The van der Waals surface area contributed by atoms with Gasteiger partial charge in [-0.25, -0.2) is 0 Å². The van der Waals surface area contributed by atoms with Crippen molar-refractivity contribution in [2.45, 2.75) is 0 Å². The molecule has 1 aliphatic carbocycles. The van der Waals surface area contributed by atoms with Crippen LogP contribution >= 0.6 is 11.6 Å². The van der Waals surface area contributed by atoms with Crippen LogP contribution in [0.5, 0.6) is 0 Å². The monoisotopic (exact) mass is 306 g/mol. The van der Waals surface area contributed by atoms with Crippen LogP contribution in [-0.2, 0) is 4.79 Å². The number of benzene rings is 1. The maximum atomic E-state index is 12.7. The zero-order valence-corrected chi connectivity index (χ0v) is 12.8. The number of hydrogen-bond donors (Lipinski definition) is 0. The predicted octanol–water partition coefficient (Wildman–Crippen LogP) is 1.54. The molecule has 5 nitrogen and oxygen atoms in total. The van der Waals surface area contributed by atoms with Crippen molar-refractivity contribution in [1.82, 2.24) is 9.80 Å². The Morgan fingerprint density at radius 2 is 1.48 bits per heavy atom. The number of alkyl halides is 1. The Labute approximate surface area is 127 Å². The van der Waals surface area contributed by atoms with E-state index in [-0.39, 0.29) is 28.8 Å². The SMILES string of the molecule is CN(C)C1=C(N(C)C(=O)CCl)C(=O)c2ccccc2C1=O. The van der Waals surface area contributed by atoms with Crippen molar-refractivity contribution in [3.8, 4) is 0 Å². The highest BCUT2D eigenvalue weighted by molar-refractivity contribution is 6.30. The second-order valence-electron chi connectivity index (χ2n) is 4.88. The molecule has 1 aliphatic rings. The van der Waals surface area contributed by atoms with E-state index in [4.69, 9.17) is 11.6 Å². The lowest BCUT2D eigenvalue weighted by molar-refractivity contribution is -0.125. The Hall–Kier alpha value is -2.14. The van der Waals surface area contributed by atoms with Gasteiger partial charge in [0.25, 0.3) is 0 Å². The molecule has 0 heterocycles. The third-order valence-electron chi connectivity index (χ3n) is 3.34. The second-order valence-corrected chi connectivity index (χ2v) is 5.15. The summed E-state index contributed by atoms with van der Waals surface area (Å²) in [6.07, 6.45) is 0. The lowest BCUT2D eigenvalue weighted by Gasteiger charge is -2.29. The van der Waals surface area contributed by atoms with E-state index in [2.05, 4.69) is 0 Å². The zero-order chi connectivity index (χ0) is 15.7. The van der Waals surface area contributed by atoms with Gasteiger partial charge in [0, 0.05) is 32.3 Å². The van der Waals surface area contributed by atoms with Gasteiger partial charge in [-0.2, -0.15) is 0 Å². The number of allylic oxidation sites excluding steroid dienone is 2. The number of carbonyl (C=O) groups is 3. The molecule has 21 heavy (non-hydrogen) atoms. The molecule has 1 amide bonds. The van der Waals surface area contributed by atoms with Gasteiger partial charge in [-0.05, 0) is 0 Å². The molecule has 1 aromatic rings. The van der Waals surface area contributed by atoms with E-state index in [1.807, 2.05) is 0 Å². The molecular weight excluding hydrogens is 292 g/mol. The third-order valence-corrected chi connectivity index (χ3v) is 3.57. The summed E-state index contributed by atoms with van der Waals surface area (Å²) in [5.41, 5.74) is 0.910. The van der Waals surface area contributed by atoms with Crippen molar-refractivity contribution < 1.29 is 14.4 Å². The molecule has 110 valence electrons. The van der Waals surface area contributed by atoms with Gasteiger partial charge in [-0.3, -0.25) is 14.4 Å². The van der Waals surface area contributed by atoms with Crippen molar-refractivity contribution >= 4 is 29.1 Å². The summed E-state index contributed by atoms with van der Waals surface area (Å²) < 4.78 is 0. The average Bonchev–Trinajstić information content (AvgIpc) is 2.48. The lowest BCUT2D eigenvalue weighted by Crippen LogP contribution is -2.39. The number of halogens is 1. The van der Waals surface area contributed by atoms with Crippen LogP contribution in [0.25, 0.3) is 0 Å². The molecule has 0 radical (unpaired) electrons. The standard InChI is InChI=1S/C15H15ClN2O3/c1-17(2)12-13(18(3)11(19)8-16)15(21)10-7-5-4-6-9(10)14(12)20/h4-7H,8H2,1-3H3. The van der Waals surface area contributed by atoms with E-state index >= 15 is 0 Å². The molecule has 0 saturated heterocycles. The molecule has 0 N–H and O–H groups in total. The lowest BCUT2D eigenvalue weighted by atomic mass is 9.89. The highest BCUT2D eigenvalue weighted by Gasteiger charge is 2.36. The molecule has 0 aromatic heterocycles. The van der Waals surface area contributed by atoms with Crippen molar-refractivity contribution in [1.29, 1.82) is 0 Å². The molecule has 0 atom stereocenters. The number of Topliss-reactive ketones (excluding diaryl/α,β-unsaturated/α-hetero) is 2. The number of amides is 1. The molecule has 0 unspecified atom stereocenters. The number of carbonyl (C=O) groups excluding carboxylic acids is 3. The van der Waals surface area contributed by atoms with Gasteiger partial charge < -0.3 is 9.80 Å². The summed E-state index contributed by atoms with van der Waals surface area (Å²) in [5, 5.41) is 0. The fraction of sp³-hybridized carbons (Fsp3) is 0.267. The van der Waals surface area contributed by atoms with E-state index < -0.39 is 5.91 Å². The average molecular weight is 307 g/mol. The Kier molecular flexibility index (Phi) is 4.14. The second kappa shape index (κ2) is 5.69. The van der Waals surface area contributed by atoms with Gasteiger partial charge >= 0.3 is 0 Å². The maximum Gasteiger partial charge on any atom is 0.241 e. The molecule has 0 fully saturated rings. The fourth-order valence-electron chi connectivity index (χ4n) is 2.29. The smallest absolute Gasteiger partial charge is 0.241 e. The number of ketones is 2. The van der Waals surface area contributed by atoms with Crippen molar-refractivity contribution in [2.75, 3.05) is 27.0 Å². The number of fused-ring (bicyclic) bond motifs is 1. The molecule has 1 aromatic carbocycles. The van der Waals surface area contributed by atoms with E-state index in [1.165, 1.54) is 7.05 Å². The first-order valence-corrected chi connectivity index (χ1v) is 6.86. The van der Waals surface area contributed by atoms with E-state index in [0.717, 1.165) is 4.90 Å². The van der Waals surface area contributed by atoms with Gasteiger partial charge in [-0.1, -0.05) is 24.3 Å². The largest absolute Gasteiger partial charge is 0.373 e. The first-order valence-electron chi connectivity index (χ1n) is 6.32. The van der Waals surface area contributed by atoms with Crippen LogP contribution in [0, 0.1) is 0 Å². The van der Waals surface area contributed by atoms with Crippen LogP contribution in [0.2, 0.25) is 0 Å². The first kappa shape index (κ1) is 15.3. The van der Waals surface area contributed by atoms with Crippen LogP contribution in [0.15, 0.2) is 35.7 Å². The number of likely N-dealkylation sites (N-methyl/N-ethyl adjacent to an activating group) is 2. The van der Waals surface area contributed by atoms with Gasteiger partial charge in [0.1, 0.15) is 17.3 Å². The van der Waals surface area contributed by atoms with Crippen molar-refractivity contribution in [3.05, 3.63) is 46.8 Å². The van der Waals surface area contributed by atoms with E-state index in [1.54, 1.807) is 43.3 Å². The van der Waals surface area contributed by atoms with Crippen LogP contribution in [0.4, 0.5) is 0 Å². The van der Waals surface area contributed by atoms with Crippen LogP contribution in [0.3, 0.4) is 0 Å². The highest BCUT2D eigenvalue weighted by Crippen LogP contribution is 2.28. The van der Waals surface area contributed by atoms with Crippen molar-refractivity contribution in [2.24, 2.45) is 0 Å². The zero-order valence-electron chi connectivity index (χ0n) is 12.0. The van der Waals surface area contributed by atoms with Crippen molar-refractivity contribution in [3.63, 3.8) is 0 Å². The highest BCUT2D eigenvalue weighted by atomic mass is 35.5. The summed E-state index contributed by atoms with van der Waals surface area (Å²) in [6, 6.07) is 6.59. The first-order chi connectivity index (χ1) is 9.90. The van der Waals surface area contributed by atoms with Crippen LogP contribution < -0.4 is 0 Å². The summed E-state index contributed by atoms with van der Waals surface area (Å²) in [4.78, 5) is 39.8. The number of rotatable bonds is 3. The summed E-state index contributed by atoms with van der Waals surface area (Å²) in [5.74, 6) is -1.33. The molecule has 0 bridgehead atoms. The molecule has 0 aliphatic heterocycles. The van der Waals surface area contributed by atoms with E-state index in [0.29, 0.717) is 11.1 Å².